The van der Waals surface area contributed by atoms with Crippen LogP contribution in [0.4, 0.5) is 0 Å². The van der Waals surface area contributed by atoms with Gasteiger partial charge in [0.1, 0.15) is 5.69 Å². The standard InChI is InChI=1S/C16H18N2O/c1-11-8-15(18(2)17-11)16(19)10-12-6-7-13-4-3-5-14(13)9-12/h6-9H,3-5,10H2,1-2H3. The molecule has 1 aliphatic carbocycles. The third-order valence-electron chi connectivity index (χ3n) is 3.82. The molecule has 19 heavy (non-hydrogen) atoms. The van der Waals surface area contributed by atoms with Crippen molar-refractivity contribution in [3.8, 4) is 0 Å². The monoisotopic (exact) mass is 254 g/mol. The van der Waals surface area contributed by atoms with Crippen LogP contribution in [-0.4, -0.2) is 15.6 Å². The number of nitrogens with zero attached hydrogens (tertiary/aromatic N) is 2. The number of hydrogen-bond donors (Lipinski definition) is 0. The Bertz CT molecular complexity index is 640. The predicted molar refractivity (Wildman–Crippen MR) is 74.4 cm³/mol. The molecule has 3 rings (SSSR count). The van der Waals surface area contributed by atoms with Gasteiger partial charge in [0.15, 0.2) is 5.78 Å². The molecule has 0 saturated heterocycles. The van der Waals surface area contributed by atoms with E-state index >= 15 is 0 Å². The number of carbonyl (C=O) groups excluding carboxylic acids is 1. The molecule has 3 heteroatoms. The molecule has 0 atom stereocenters. The predicted octanol–water partition coefficient (Wildman–Crippen LogP) is 2.64. The summed E-state index contributed by atoms with van der Waals surface area (Å²) in [5, 5.41) is 4.23. The molecule has 0 saturated carbocycles. The molecule has 0 aliphatic heterocycles. The number of aromatic nitrogens is 2. The number of aryl methyl sites for hydroxylation is 4. The van der Waals surface area contributed by atoms with E-state index in [2.05, 4.69) is 23.3 Å². The third kappa shape index (κ3) is 2.33. The van der Waals surface area contributed by atoms with E-state index in [4.69, 9.17) is 0 Å². The van der Waals surface area contributed by atoms with Gasteiger partial charge in [0.25, 0.3) is 0 Å². The molecule has 1 aromatic heterocycles. The van der Waals surface area contributed by atoms with E-state index in [-0.39, 0.29) is 5.78 Å². The number of hydrogen-bond acceptors (Lipinski definition) is 2. The molecule has 0 unspecified atom stereocenters. The Labute approximate surface area is 113 Å². The van der Waals surface area contributed by atoms with Crippen molar-refractivity contribution >= 4 is 5.78 Å². The van der Waals surface area contributed by atoms with Gasteiger partial charge in [0, 0.05) is 13.5 Å². The number of fused-ring (bicyclic) bond motifs is 1. The summed E-state index contributed by atoms with van der Waals surface area (Å²) in [5.74, 6) is 0.140. The van der Waals surface area contributed by atoms with E-state index in [1.807, 2.05) is 20.0 Å². The van der Waals surface area contributed by atoms with Gasteiger partial charge in [-0.3, -0.25) is 9.48 Å². The van der Waals surface area contributed by atoms with Crippen molar-refractivity contribution < 1.29 is 4.79 Å². The highest BCUT2D eigenvalue weighted by molar-refractivity contribution is 5.96. The summed E-state index contributed by atoms with van der Waals surface area (Å²) in [6, 6.07) is 8.32. The van der Waals surface area contributed by atoms with Crippen LogP contribution in [0.25, 0.3) is 0 Å². The lowest BCUT2D eigenvalue weighted by Gasteiger charge is -2.05. The number of carbonyl (C=O) groups is 1. The first-order valence-electron chi connectivity index (χ1n) is 6.78. The van der Waals surface area contributed by atoms with Crippen LogP contribution in [0, 0.1) is 6.92 Å². The number of rotatable bonds is 3. The maximum absolute atomic E-state index is 12.3. The Hall–Kier alpha value is -1.90. The smallest absolute Gasteiger partial charge is 0.185 e. The Morgan fingerprint density at radius 3 is 2.79 bits per heavy atom. The summed E-state index contributed by atoms with van der Waals surface area (Å²) in [7, 11) is 1.82. The maximum Gasteiger partial charge on any atom is 0.185 e. The highest BCUT2D eigenvalue weighted by Crippen LogP contribution is 2.23. The topological polar surface area (TPSA) is 34.9 Å². The van der Waals surface area contributed by atoms with Crippen LogP contribution in [-0.2, 0) is 26.3 Å². The minimum absolute atomic E-state index is 0.140. The zero-order valence-corrected chi connectivity index (χ0v) is 11.4. The Balaban J connectivity index is 1.81. The molecule has 2 aromatic rings. The van der Waals surface area contributed by atoms with E-state index in [9.17, 15) is 4.79 Å². The summed E-state index contributed by atoms with van der Waals surface area (Å²) < 4.78 is 1.67. The molecule has 3 nitrogen and oxygen atoms in total. The summed E-state index contributed by atoms with van der Waals surface area (Å²) in [6.45, 7) is 1.91. The second kappa shape index (κ2) is 4.65. The first-order chi connectivity index (χ1) is 9.13. The van der Waals surface area contributed by atoms with Crippen LogP contribution in [0.1, 0.15) is 39.3 Å². The van der Waals surface area contributed by atoms with Gasteiger partial charge in [-0.1, -0.05) is 18.2 Å². The normalized spacial score (nSPS) is 13.6. The lowest BCUT2D eigenvalue weighted by Crippen LogP contribution is -2.09. The molecular weight excluding hydrogens is 236 g/mol. The molecule has 0 amide bonds. The summed E-state index contributed by atoms with van der Waals surface area (Å²) >= 11 is 0. The summed E-state index contributed by atoms with van der Waals surface area (Å²) in [6.07, 6.45) is 4.05. The first-order valence-corrected chi connectivity index (χ1v) is 6.78. The van der Waals surface area contributed by atoms with Crippen LogP contribution < -0.4 is 0 Å². The van der Waals surface area contributed by atoms with Crippen molar-refractivity contribution in [1.29, 1.82) is 0 Å². The van der Waals surface area contributed by atoms with Gasteiger partial charge in [-0.25, -0.2) is 0 Å². The second-order valence-corrected chi connectivity index (χ2v) is 5.35. The lowest BCUT2D eigenvalue weighted by atomic mass is 10.0. The van der Waals surface area contributed by atoms with E-state index < -0.39 is 0 Å². The zero-order valence-electron chi connectivity index (χ0n) is 11.4. The highest BCUT2D eigenvalue weighted by atomic mass is 16.1. The second-order valence-electron chi connectivity index (χ2n) is 5.35. The van der Waals surface area contributed by atoms with Crippen LogP contribution in [0.3, 0.4) is 0 Å². The van der Waals surface area contributed by atoms with Gasteiger partial charge >= 0.3 is 0 Å². The third-order valence-corrected chi connectivity index (χ3v) is 3.82. The van der Waals surface area contributed by atoms with Gasteiger partial charge in [-0.05, 0) is 48.9 Å². The fourth-order valence-corrected chi connectivity index (χ4v) is 2.88. The average molecular weight is 254 g/mol. The largest absolute Gasteiger partial charge is 0.292 e. The molecular formula is C16H18N2O. The van der Waals surface area contributed by atoms with E-state index in [1.54, 1.807) is 4.68 Å². The van der Waals surface area contributed by atoms with Crippen molar-refractivity contribution in [3.05, 3.63) is 52.3 Å². The molecule has 0 N–H and O–H groups in total. The quantitative estimate of drug-likeness (QED) is 0.789. The van der Waals surface area contributed by atoms with Crippen molar-refractivity contribution in [2.45, 2.75) is 32.6 Å². The Morgan fingerprint density at radius 2 is 2.05 bits per heavy atom. The van der Waals surface area contributed by atoms with Crippen LogP contribution >= 0.6 is 0 Å². The highest BCUT2D eigenvalue weighted by Gasteiger charge is 2.15. The molecule has 1 aromatic carbocycles. The molecule has 0 fully saturated rings. The number of benzene rings is 1. The SMILES string of the molecule is Cc1cc(C(=O)Cc2ccc3c(c2)CCC3)n(C)n1. The fraction of sp³-hybridized carbons (Fsp3) is 0.375. The van der Waals surface area contributed by atoms with Crippen molar-refractivity contribution in [3.63, 3.8) is 0 Å². The van der Waals surface area contributed by atoms with Crippen LogP contribution in [0.2, 0.25) is 0 Å². The van der Waals surface area contributed by atoms with Crippen LogP contribution in [0.15, 0.2) is 24.3 Å². The zero-order chi connectivity index (χ0) is 13.4. The number of Topliss-reactive ketones (excluding diaryl/α,β-unsaturated/α-hetero) is 1. The summed E-state index contributed by atoms with van der Waals surface area (Å²) in [5.41, 5.74) is 5.57. The average Bonchev–Trinajstić information content (AvgIpc) is 2.94. The van der Waals surface area contributed by atoms with Crippen molar-refractivity contribution in [2.75, 3.05) is 0 Å². The van der Waals surface area contributed by atoms with Gasteiger partial charge in [-0.15, -0.1) is 0 Å². The first kappa shape index (κ1) is 12.2. The summed E-state index contributed by atoms with van der Waals surface area (Å²) in [4.78, 5) is 12.3. The minimum Gasteiger partial charge on any atom is -0.292 e. The van der Waals surface area contributed by atoms with E-state index in [1.165, 1.54) is 24.0 Å². The lowest BCUT2D eigenvalue weighted by molar-refractivity contribution is 0.0984. The van der Waals surface area contributed by atoms with Crippen molar-refractivity contribution in [2.24, 2.45) is 7.05 Å². The van der Waals surface area contributed by atoms with E-state index in [0.29, 0.717) is 12.1 Å². The Morgan fingerprint density at radius 1 is 1.26 bits per heavy atom. The molecule has 1 aliphatic rings. The maximum atomic E-state index is 12.3. The molecule has 1 heterocycles. The van der Waals surface area contributed by atoms with E-state index in [0.717, 1.165) is 17.7 Å². The Kier molecular flexibility index (Phi) is 2.97. The number of ketones is 1. The molecule has 98 valence electrons. The van der Waals surface area contributed by atoms with Gasteiger partial charge < -0.3 is 0 Å². The van der Waals surface area contributed by atoms with Gasteiger partial charge in [-0.2, -0.15) is 5.10 Å². The van der Waals surface area contributed by atoms with Crippen LogP contribution in [0.5, 0.6) is 0 Å². The molecule has 0 spiro atoms. The molecule has 0 bridgehead atoms. The minimum atomic E-state index is 0.140. The van der Waals surface area contributed by atoms with Crippen molar-refractivity contribution in [1.82, 2.24) is 9.78 Å². The molecule has 0 radical (unpaired) electrons. The fourth-order valence-electron chi connectivity index (χ4n) is 2.88. The van der Waals surface area contributed by atoms with Gasteiger partial charge in [0.2, 0.25) is 0 Å². The van der Waals surface area contributed by atoms with Gasteiger partial charge in [0.05, 0.1) is 5.69 Å².